The van der Waals surface area contributed by atoms with Crippen molar-refractivity contribution in [1.29, 1.82) is 0 Å². The van der Waals surface area contributed by atoms with E-state index in [1.165, 1.54) is 27.6 Å². The molecule has 4 aromatic rings. The lowest BCUT2D eigenvalue weighted by molar-refractivity contribution is -0.116. The third-order valence-corrected chi connectivity index (χ3v) is 5.89. The van der Waals surface area contributed by atoms with Crippen LogP contribution in [0.5, 0.6) is 5.75 Å². The summed E-state index contributed by atoms with van der Waals surface area (Å²) >= 11 is 12.3. The molecule has 0 saturated heterocycles. The molecule has 11 heteroatoms. The van der Waals surface area contributed by atoms with Gasteiger partial charge in [0.05, 0.1) is 33.0 Å². The van der Waals surface area contributed by atoms with Crippen LogP contribution in [0.25, 0.3) is 22.2 Å². The van der Waals surface area contributed by atoms with Crippen molar-refractivity contribution in [3.63, 3.8) is 0 Å². The summed E-state index contributed by atoms with van der Waals surface area (Å²) in [6.07, 6.45) is 2.90. The number of carbonyl (C=O) groups excluding carboxylic acids is 2. The highest BCUT2D eigenvalue weighted by Crippen LogP contribution is 2.36. The molecule has 2 aromatic heterocycles. The molecule has 0 fully saturated rings. The molecular formula is C23H19Cl2N5O4. The Hall–Kier alpha value is -3.82. The van der Waals surface area contributed by atoms with Gasteiger partial charge in [-0.15, -0.1) is 0 Å². The number of anilines is 1. The van der Waals surface area contributed by atoms with Crippen molar-refractivity contribution in [2.75, 3.05) is 5.32 Å². The summed E-state index contributed by atoms with van der Waals surface area (Å²) in [6, 6.07) is 7.99. The van der Waals surface area contributed by atoms with Crippen LogP contribution in [0.1, 0.15) is 15.9 Å². The zero-order valence-corrected chi connectivity index (χ0v) is 19.6. The van der Waals surface area contributed by atoms with Gasteiger partial charge in [-0.3, -0.25) is 14.4 Å². The summed E-state index contributed by atoms with van der Waals surface area (Å²) in [7, 11) is 1.54. The largest absolute Gasteiger partial charge is 0.506 e. The van der Waals surface area contributed by atoms with Crippen LogP contribution in [-0.4, -0.2) is 31.0 Å². The lowest BCUT2D eigenvalue weighted by atomic mass is 10.0. The molecule has 2 heterocycles. The number of nitrogens with one attached hydrogen (secondary N) is 1. The number of halogens is 2. The van der Waals surface area contributed by atoms with Crippen LogP contribution in [0.4, 0.5) is 5.69 Å². The number of hydrogen-bond donors (Lipinski definition) is 3. The highest BCUT2D eigenvalue weighted by atomic mass is 35.5. The van der Waals surface area contributed by atoms with Crippen molar-refractivity contribution in [3.05, 3.63) is 74.4 Å². The van der Waals surface area contributed by atoms with Gasteiger partial charge >= 0.3 is 0 Å². The predicted octanol–water partition coefficient (Wildman–Crippen LogP) is 3.46. The normalized spacial score (nSPS) is 11.1. The fourth-order valence-electron chi connectivity index (χ4n) is 3.61. The van der Waals surface area contributed by atoms with E-state index >= 15 is 0 Å². The molecular weight excluding hydrogens is 481 g/mol. The van der Waals surface area contributed by atoms with Crippen molar-refractivity contribution in [1.82, 2.24) is 14.1 Å². The van der Waals surface area contributed by atoms with E-state index in [1.807, 2.05) is 13.0 Å². The standard InChI is InChI=1S/C23H19Cl2N5O4/c1-11-3-4-17(15(24)5-11)28-18(31)9-30-8-14(19-22(30)27-10-29(2)23(19)34)12-6-13(21(26)33)20(32)16(25)7-12/h3-8,10,32H,9H2,1-2H3,(H2,26,33)(H,28,31). The van der Waals surface area contributed by atoms with Crippen molar-refractivity contribution in [2.24, 2.45) is 12.8 Å². The SMILES string of the molecule is Cc1ccc(NC(=O)Cn2cc(-c3cc(Cl)c(O)c(C(N)=O)c3)c3c(=O)n(C)cnc32)c(Cl)c1. The molecule has 0 aliphatic rings. The van der Waals surface area contributed by atoms with Crippen LogP contribution in [0.15, 0.2) is 47.7 Å². The third kappa shape index (κ3) is 4.23. The maximum absolute atomic E-state index is 13.0. The monoisotopic (exact) mass is 499 g/mol. The lowest BCUT2D eigenvalue weighted by Gasteiger charge is -2.09. The molecule has 9 nitrogen and oxygen atoms in total. The number of fused-ring (bicyclic) bond motifs is 1. The van der Waals surface area contributed by atoms with E-state index in [9.17, 15) is 19.5 Å². The molecule has 174 valence electrons. The molecule has 0 aliphatic carbocycles. The first-order valence-corrected chi connectivity index (χ1v) is 10.8. The van der Waals surface area contributed by atoms with Gasteiger partial charge in [0, 0.05) is 18.8 Å². The maximum Gasteiger partial charge on any atom is 0.263 e. The number of rotatable bonds is 5. The molecule has 0 atom stereocenters. The molecule has 0 radical (unpaired) electrons. The average molecular weight is 500 g/mol. The van der Waals surface area contributed by atoms with Crippen molar-refractivity contribution in [3.8, 4) is 16.9 Å². The molecule has 0 bridgehead atoms. The molecule has 0 aliphatic heterocycles. The van der Waals surface area contributed by atoms with Gasteiger partial charge in [0.1, 0.15) is 17.9 Å². The third-order valence-electron chi connectivity index (χ3n) is 5.29. The zero-order valence-electron chi connectivity index (χ0n) is 18.1. The number of aryl methyl sites for hydroxylation is 2. The predicted molar refractivity (Wildman–Crippen MR) is 130 cm³/mol. The lowest BCUT2D eigenvalue weighted by Crippen LogP contribution is -2.20. The highest BCUT2D eigenvalue weighted by molar-refractivity contribution is 6.34. The number of nitrogens with two attached hydrogens (primary N) is 1. The summed E-state index contributed by atoms with van der Waals surface area (Å²) in [5, 5.41) is 13.3. The number of carbonyl (C=O) groups is 2. The summed E-state index contributed by atoms with van der Waals surface area (Å²) < 4.78 is 2.80. The quantitative estimate of drug-likeness (QED) is 0.386. The van der Waals surface area contributed by atoms with Crippen LogP contribution >= 0.6 is 23.2 Å². The zero-order chi connectivity index (χ0) is 24.7. The van der Waals surface area contributed by atoms with Crippen molar-refractivity contribution >= 4 is 51.7 Å². The first kappa shape index (κ1) is 23.3. The fourth-order valence-corrected chi connectivity index (χ4v) is 4.11. The molecule has 34 heavy (non-hydrogen) atoms. The van der Waals surface area contributed by atoms with Crippen LogP contribution < -0.4 is 16.6 Å². The van der Waals surface area contributed by atoms with Gasteiger partial charge < -0.3 is 25.3 Å². The number of hydrogen-bond acceptors (Lipinski definition) is 5. The summed E-state index contributed by atoms with van der Waals surface area (Å²) in [6.45, 7) is 1.71. The van der Waals surface area contributed by atoms with Crippen LogP contribution in [0.3, 0.4) is 0 Å². The summed E-state index contributed by atoms with van der Waals surface area (Å²) in [5.74, 6) is -1.73. The van der Waals surface area contributed by atoms with Gasteiger partial charge in [0.15, 0.2) is 0 Å². The molecule has 2 aromatic carbocycles. The Labute approximate surface area is 203 Å². The van der Waals surface area contributed by atoms with Gasteiger partial charge in [0.2, 0.25) is 5.91 Å². The number of aromatic hydroxyl groups is 1. The van der Waals surface area contributed by atoms with Gasteiger partial charge in [0.25, 0.3) is 11.5 Å². The van der Waals surface area contributed by atoms with Gasteiger partial charge in [-0.1, -0.05) is 29.3 Å². The average Bonchev–Trinajstić information content (AvgIpc) is 3.13. The number of phenols is 1. The van der Waals surface area contributed by atoms with Crippen LogP contribution in [0.2, 0.25) is 10.0 Å². The minimum Gasteiger partial charge on any atom is -0.506 e. The topological polar surface area (TPSA) is 132 Å². The molecule has 0 unspecified atom stereocenters. The van der Waals surface area contributed by atoms with Gasteiger partial charge in [-0.25, -0.2) is 4.98 Å². The van der Waals surface area contributed by atoms with E-state index < -0.39 is 17.6 Å². The van der Waals surface area contributed by atoms with Gasteiger partial charge in [-0.2, -0.15) is 0 Å². The molecule has 0 saturated carbocycles. The Morgan fingerprint density at radius 2 is 1.91 bits per heavy atom. The van der Waals surface area contributed by atoms with Crippen molar-refractivity contribution < 1.29 is 14.7 Å². The Balaban J connectivity index is 1.81. The second-order valence-electron chi connectivity index (χ2n) is 7.78. The second-order valence-corrected chi connectivity index (χ2v) is 8.59. The first-order chi connectivity index (χ1) is 16.1. The number of nitrogens with zero attached hydrogens (tertiary/aromatic N) is 3. The highest BCUT2D eigenvalue weighted by Gasteiger charge is 2.21. The molecule has 4 N–H and O–H groups in total. The number of aromatic nitrogens is 3. The number of primary amides is 1. The van der Waals surface area contributed by atoms with E-state index in [4.69, 9.17) is 28.9 Å². The fraction of sp³-hybridized carbons (Fsp3) is 0.130. The van der Waals surface area contributed by atoms with E-state index in [1.54, 1.807) is 25.4 Å². The maximum atomic E-state index is 13.0. The Bertz CT molecular complexity index is 1540. The molecule has 0 spiro atoms. The summed E-state index contributed by atoms with van der Waals surface area (Å²) in [5.41, 5.74) is 7.18. The van der Waals surface area contributed by atoms with E-state index in [-0.39, 0.29) is 33.7 Å². The molecule has 2 amide bonds. The Morgan fingerprint density at radius 3 is 2.59 bits per heavy atom. The minimum absolute atomic E-state index is 0.111. The number of benzene rings is 2. The second kappa shape index (κ2) is 8.85. The Morgan fingerprint density at radius 1 is 1.18 bits per heavy atom. The van der Waals surface area contributed by atoms with Crippen LogP contribution in [-0.2, 0) is 18.4 Å². The summed E-state index contributed by atoms with van der Waals surface area (Å²) in [4.78, 5) is 41.9. The van der Waals surface area contributed by atoms with Crippen molar-refractivity contribution in [2.45, 2.75) is 13.5 Å². The number of amides is 2. The molecule has 4 rings (SSSR count). The Kier molecular flexibility index (Phi) is 6.07. The van der Waals surface area contributed by atoms with Crippen LogP contribution in [0, 0.1) is 6.92 Å². The van der Waals surface area contributed by atoms with Gasteiger partial charge in [-0.05, 0) is 42.3 Å². The first-order valence-electron chi connectivity index (χ1n) is 10.00. The smallest absolute Gasteiger partial charge is 0.263 e. The van der Waals surface area contributed by atoms with E-state index in [0.717, 1.165) is 5.56 Å². The van der Waals surface area contributed by atoms with E-state index in [2.05, 4.69) is 10.3 Å². The van der Waals surface area contributed by atoms with E-state index in [0.29, 0.717) is 21.8 Å². The minimum atomic E-state index is -0.884.